The molecule has 6 heteroatoms. The molecule has 0 aromatic rings. The van der Waals surface area contributed by atoms with Crippen LogP contribution in [0.4, 0.5) is 0 Å². The highest BCUT2D eigenvalue weighted by atomic mass is 16.5. The van der Waals surface area contributed by atoms with Crippen molar-refractivity contribution in [2.24, 2.45) is 0 Å². The van der Waals surface area contributed by atoms with Gasteiger partial charge in [0.05, 0.1) is 25.4 Å². The number of carbonyl (C=O) groups excluding carboxylic acids is 2. The van der Waals surface area contributed by atoms with Crippen LogP contribution in [-0.2, 0) is 14.3 Å². The molecule has 3 N–H and O–H groups in total. The second kappa shape index (κ2) is 62.4. The van der Waals surface area contributed by atoms with Gasteiger partial charge in [0.25, 0.3) is 0 Å². The number of nitrogens with one attached hydrogen (secondary N) is 1. The predicted octanol–water partition coefficient (Wildman–Crippen LogP) is 21.0. The molecule has 0 fully saturated rings. The number of unbranched alkanes of at least 4 members (excludes halogenated alkanes) is 52. The fourth-order valence-corrected chi connectivity index (χ4v) is 10.8. The van der Waals surface area contributed by atoms with Gasteiger partial charge in [-0.25, -0.2) is 0 Å². The first kappa shape index (κ1) is 70.9. The van der Waals surface area contributed by atoms with Crippen molar-refractivity contribution in [3.63, 3.8) is 0 Å². The summed E-state index contributed by atoms with van der Waals surface area (Å²) in [6.07, 6.45) is 74.2. The van der Waals surface area contributed by atoms with Crippen LogP contribution >= 0.6 is 0 Å². The molecule has 0 aromatic heterocycles. The molecule has 0 aromatic carbocycles. The van der Waals surface area contributed by atoms with Gasteiger partial charge in [0, 0.05) is 12.8 Å². The van der Waals surface area contributed by atoms with E-state index in [0.717, 1.165) is 38.5 Å². The minimum Gasteiger partial charge on any atom is -0.466 e. The summed E-state index contributed by atoms with van der Waals surface area (Å²) >= 11 is 0. The molecule has 0 heterocycles. The Balaban J connectivity index is 3.35. The Labute approximate surface area is 451 Å². The summed E-state index contributed by atoms with van der Waals surface area (Å²) in [5, 5.41) is 23.4. The lowest BCUT2D eigenvalue weighted by Gasteiger charge is -2.22. The van der Waals surface area contributed by atoms with Gasteiger partial charge in [-0.2, -0.15) is 0 Å². The van der Waals surface area contributed by atoms with Crippen molar-refractivity contribution in [2.45, 2.75) is 398 Å². The van der Waals surface area contributed by atoms with E-state index in [1.54, 1.807) is 0 Å². The fraction of sp³-hybridized carbons (Fsp3) is 0.970. The van der Waals surface area contributed by atoms with Crippen molar-refractivity contribution in [3.8, 4) is 0 Å². The number of hydrogen-bond donors (Lipinski definition) is 3. The van der Waals surface area contributed by atoms with E-state index in [1.165, 1.54) is 315 Å². The Morgan fingerprint density at radius 1 is 0.333 bits per heavy atom. The largest absolute Gasteiger partial charge is 0.466 e. The number of rotatable bonds is 63. The maximum absolute atomic E-state index is 12.5. The third kappa shape index (κ3) is 58.1. The molecule has 0 radical (unpaired) electrons. The Kier molecular flexibility index (Phi) is 61.4. The normalized spacial score (nSPS) is 12.4. The number of amides is 1. The first-order valence-electron chi connectivity index (χ1n) is 33.3. The average molecular weight is 1020 g/mol. The Hall–Kier alpha value is -1.14. The van der Waals surface area contributed by atoms with Crippen molar-refractivity contribution >= 4 is 11.9 Å². The van der Waals surface area contributed by atoms with E-state index in [4.69, 9.17) is 4.74 Å². The van der Waals surface area contributed by atoms with Gasteiger partial charge in [0.1, 0.15) is 0 Å². The zero-order valence-corrected chi connectivity index (χ0v) is 49.2. The number of aliphatic hydroxyl groups is 2. The summed E-state index contributed by atoms with van der Waals surface area (Å²) in [4.78, 5) is 24.5. The van der Waals surface area contributed by atoms with Gasteiger partial charge in [0.15, 0.2) is 0 Å². The van der Waals surface area contributed by atoms with E-state index >= 15 is 0 Å². The second-order valence-electron chi connectivity index (χ2n) is 23.2. The summed E-state index contributed by atoms with van der Waals surface area (Å²) in [6, 6.07) is -0.539. The molecule has 0 bridgehead atoms. The lowest BCUT2D eigenvalue weighted by molar-refractivity contribution is -0.143. The zero-order valence-electron chi connectivity index (χ0n) is 49.2. The molecular formula is C66H131NO5. The maximum Gasteiger partial charge on any atom is 0.305 e. The third-order valence-corrected chi connectivity index (χ3v) is 15.9. The first-order chi connectivity index (χ1) is 35.5. The predicted molar refractivity (Wildman–Crippen MR) is 315 cm³/mol. The van der Waals surface area contributed by atoms with Crippen molar-refractivity contribution in [1.82, 2.24) is 5.32 Å². The van der Waals surface area contributed by atoms with Gasteiger partial charge >= 0.3 is 5.97 Å². The highest BCUT2D eigenvalue weighted by Crippen LogP contribution is 2.19. The molecule has 72 heavy (non-hydrogen) atoms. The molecule has 0 spiro atoms. The molecule has 0 saturated carbocycles. The summed E-state index contributed by atoms with van der Waals surface area (Å²) in [5.41, 5.74) is 0. The maximum atomic E-state index is 12.5. The summed E-state index contributed by atoms with van der Waals surface area (Å²) in [7, 11) is 0. The summed E-state index contributed by atoms with van der Waals surface area (Å²) in [5.74, 6) is -0.0113. The van der Waals surface area contributed by atoms with Crippen LogP contribution in [0.1, 0.15) is 386 Å². The van der Waals surface area contributed by atoms with E-state index in [2.05, 4.69) is 19.2 Å². The van der Waals surface area contributed by atoms with Crippen LogP contribution in [-0.4, -0.2) is 47.4 Å². The molecule has 0 aliphatic carbocycles. The minimum atomic E-state index is -0.662. The van der Waals surface area contributed by atoms with Crippen LogP contribution in [0.15, 0.2) is 0 Å². The van der Waals surface area contributed by atoms with Crippen LogP contribution in [0.2, 0.25) is 0 Å². The number of carbonyl (C=O) groups is 2. The van der Waals surface area contributed by atoms with E-state index in [0.29, 0.717) is 25.9 Å². The van der Waals surface area contributed by atoms with Crippen LogP contribution in [0.5, 0.6) is 0 Å². The van der Waals surface area contributed by atoms with Gasteiger partial charge in [0.2, 0.25) is 5.91 Å². The zero-order chi connectivity index (χ0) is 52.2. The molecule has 2 unspecified atom stereocenters. The van der Waals surface area contributed by atoms with Gasteiger partial charge in [-0.3, -0.25) is 9.59 Å². The van der Waals surface area contributed by atoms with E-state index < -0.39 is 12.1 Å². The van der Waals surface area contributed by atoms with Gasteiger partial charge in [-0.1, -0.05) is 348 Å². The summed E-state index contributed by atoms with van der Waals surface area (Å²) < 4.78 is 5.47. The number of esters is 1. The quantitative estimate of drug-likeness (QED) is 0.0417. The van der Waals surface area contributed by atoms with E-state index in [-0.39, 0.29) is 18.5 Å². The highest BCUT2D eigenvalue weighted by Gasteiger charge is 2.20. The molecule has 1 amide bonds. The Bertz CT molecular complexity index is 1040. The van der Waals surface area contributed by atoms with Crippen molar-refractivity contribution in [2.75, 3.05) is 13.2 Å². The number of hydrogen-bond acceptors (Lipinski definition) is 5. The van der Waals surface area contributed by atoms with Crippen molar-refractivity contribution < 1.29 is 24.5 Å². The Morgan fingerprint density at radius 2 is 0.569 bits per heavy atom. The molecule has 0 saturated heterocycles. The van der Waals surface area contributed by atoms with Gasteiger partial charge in [-0.15, -0.1) is 0 Å². The third-order valence-electron chi connectivity index (χ3n) is 15.9. The van der Waals surface area contributed by atoms with Crippen LogP contribution in [0.25, 0.3) is 0 Å². The van der Waals surface area contributed by atoms with Crippen LogP contribution < -0.4 is 5.32 Å². The van der Waals surface area contributed by atoms with Crippen LogP contribution in [0, 0.1) is 0 Å². The first-order valence-corrected chi connectivity index (χ1v) is 33.3. The van der Waals surface area contributed by atoms with Gasteiger partial charge in [-0.05, 0) is 25.7 Å². The minimum absolute atomic E-state index is 0.0172. The number of aliphatic hydroxyl groups excluding tert-OH is 2. The Morgan fingerprint density at radius 3 is 0.847 bits per heavy atom. The highest BCUT2D eigenvalue weighted by molar-refractivity contribution is 5.76. The molecule has 2 atom stereocenters. The van der Waals surface area contributed by atoms with Crippen molar-refractivity contribution in [3.05, 3.63) is 0 Å². The van der Waals surface area contributed by atoms with E-state index in [9.17, 15) is 19.8 Å². The van der Waals surface area contributed by atoms with Crippen LogP contribution in [0.3, 0.4) is 0 Å². The monoisotopic (exact) mass is 1020 g/mol. The summed E-state index contributed by atoms with van der Waals surface area (Å²) in [6.45, 7) is 4.99. The molecule has 0 aliphatic rings. The smallest absolute Gasteiger partial charge is 0.305 e. The van der Waals surface area contributed by atoms with E-state index in [1.807, 2.05) is 0 Å². The topological polar surface area (TPSA) is 95.9 Å². The fourth-order valence-electron chi connectivity index (χ4n) is 10.8. The lowest BCUT2D eigenvalue weighted by atomic mass is 10.0. The molecule has 6 nitrogen and oxygen atoms in total. The van der Waals surface area contributed by atoms with Gasteiger partial charge < -0.3 is 20.3 Å². The number of ether oxygens (including phenoxy) is 1. The SMILES string of the molecule is CCCCCCCCCCCCCCCCCCCCCC(O)C(CO)NC(=O)CCCCCCCCCCCCCCCCCCCCCCCCCCCOC(=O)CCCCCCCCCCCCC. The van der Waals surface area contributed by atoms with Crippen molar-refractivity contribution in [1.29, 1.82) is 0 Å². The molecule has 0 rings (SSSR count). The molecule has 430 valence electrons. The lowest BCUT2D eigenvalue weighted by Crippen LogP contribution is -2.45. The molecular weight excluding hydrogens is 887 g/mol. The second-order valence-corrected chi connectivity index (χ2v) is 23.2. The molecule has 0 aliphatic heterocycles. The standard InChI is InChI=1S/C66H131NO5/c1-3-5-7-9-11-13-15-16-17-18-26-29-32-35-39-42-46-50-54-58-64(69)63(62-68)67-65(70)59-55-51-47-43-40-36-33-30-27-24-22-20-19-21-23-25-28-31-34-37-41-45-49-53-57-61-72-66(71)60-56-52-48-44-38-14-12-10-8-6-4-2/h63-64,68-69H,3-62H2,1-2H3,(H,67,70). The average Bonchev–Trinajstić information content (AvgIpc) is 3.38.